The molecule has 0 radical (unpaired) electrons. The number of nitrogens with one attached hydrogen (secondary N) is 2. The monoisotopic (exact) mass is 895 g/mol. The van der Waals surface area contributed by atoms with Crippen LogP contribution in [0, 0.1) is 5.92 Å². The van der Waals surface area contributed by atoms with Crippen LogP contribution in [0.1, 0.15) is 71.9 Å². The summed E-state index contributed by atoms with van der Waals surface area (Å²) in [5.74, 6) is 1.24. The van der Waals surface area contributed by atoms with E-state index in [1.54, 1.807) is 72.7 Å². The number of anilines is 1. The van der Waals surface area contributed by atoms with Crippen LogP contribution in [-0.4, -0.2) is 105 Å². The summed E-state index contributed by atoms with van der Waals surface area (Å²) in [4.78, 5) is 65.7. The van der Waals surface area contributed by atoms with E-state index in [9.17, 15) is 19.2 Å². The number of ether oxygens (including phenoxy) is 5. The minimum atomic E-state index is -0.776. The van der Waals surface area contributed by atoms with Gasteiger partial charge in [0.2, 0.25) is 11.8 Å². The Hall–Kier alpha value is -7.46. The first-order valence-corrected chi connectivity index (χ1v) is 21.8. The van der Waals surface area contributed by atoms with Gasteiger partial charge in [0.25, 0.3) is 11.8 Å². The van der Waals surface area contributed by atoms with Gasteiger partial charge >= 0.3 is 0 Å². The van der Waals surface area contributed by atoms with Crippen molar-refractivity contribution in [2.45, 2.75) is 64.2 Å². The summed E-state index contributed by atoms with van der Waals surface area (Å²) < 4.78 is 28.9. The molecule has 0 aromatic heterocycles. The number of hydrogen-bond acceptors (Lipinski definition) is 12. The van der Waals surface area contributed by atoms with Crippen molar-refractivity contribution in [1.29, 1.82) is 0 Å². The Labute approximate surface area is 383 Å². The molecule has 0 fully saturated rings. The first-order chi connectivity index (χ1) is 31.8. The van der Waals surface area contributed by atoms with E-state index in [1.807, 2.05) is 62.6 Å². The molecular formula is C50H53N7O9. The molecule has 0 saturated heterocycles. The third-order valence-corrected chi connectivity index (χ3v) is 12.0. The van der Waals surface area contributed by atoms with Crippen molar-refractivity contribution in [3.05, 3.63) is 107 Å². The molecule has 16 heteroatoms. The number of methoxy groups -OCH3 is 3. The highest BCUT2D eigenvalue weighted by molar-refractivity contribution is 6.06. The molecule has 0 spiro atoms. The molecule has 342 valence electrons. The predicted molar refractivity (Wildman–Crippen MR) is 251 cm³/mol. The number of carbonyl (C=O) groups excluding carboxylic acids is 4. The normalized spacial score (nSPS) is 17.9. The largest absolute Gasteiger partial charge is 0.497 e. The fourth-order valence-electron chi connectivity index (χ4n) is 8.07. The quantitative estimate of drug-likeness (QED) is 0.0993. The third-order valence-electron chi connectivity index (χ3n) is 12.0. The molecule has 4 aliphatic heterocycles. The lowest BCUT2D eigenvalue weighted by molar-refractivity contribution is -0.127. The van der Waals surface area contributed by atoms with Crippen molar-refractivity contribution >= 4 is 64.3 Å². The SMILES string of the molecule is COc1ccc(C2=CN3C(=O)c4cc(OC)c(OCCCOc5cc6c(cc5OC)C(=O)N5C=C(c7ccc(NC(=O)[C@H](C)NC(=O)[C@@H](N)C(C)C)cc7)C[C@H]5C=N6)cc4N=C[C@@H]3C2)cc1. The van der Waals surface area contributed by atoms with Gasteiger partial charge in [-0.2, -0.15) is 0 Å². The molecule has 4 aromatic rings. The summed E-state index contributed by atoms with van der Waals surface area (Å²) in [6.07, 6.45) is 8.94. The number of carbonyl (C=O) groups is 4. The molecule has 4 heterocycles. The summed E-state index contributed by atoms with van der Waals surface area (Å²) in [7, 11) is 4.67. The lowest BCUT2D eigenvalue weighted by atomic mass is 10.0. The predicted octanol–water partition coefficient (Wildman–Crippen LogP) is 6.93. The van der Waals surface area contributed by atoms with E-state index in [4.69, 9.17) is 39.4 Å². The molecule has 4 atom stereocenters. The molecule has 0 bridgehead atoms. The lowest BCUT2D eigenvalue weighted by Gasteiger charge is -2.19. The molecule has 4 aliphatic rings. The summed E-state index contributed by atoms with van der Waals surface area (Å²) in [6, 6.07) is 19.8. The standard InChI is InChI=1S/C50H53N7O9/c1-28(2)46(51)48(59)54-29(3)47(58)55-34-12-8-30(9-13-34)32-18-35-24-52-40-22-44(42(63-5)20-38(40)49(60)56(35)26-32)65-16-7-17-66-45-23-41-39(21-43(45)64-6)50(61)57-27-33(19-36(57)25-53-41)31-10-14-37(62-4)15-11-31/h8-15,20-29,35-36,46H,7,16-19,51H2,1-6H3,(H,54,59)(H,55,58)/t29-,35-,36-,46-/m0/s1. The summed E-state index contributed by atoms with van der Waals surface area (Å²) in [6.45, 7) is 5.83. The summed E-state index contributed by atoms with van der Waals surface area (Å²) in [5, 5.41) is 5.49. The van der Waals surface area contributed by atoms with E-state index in [0.717, 1.165) is 28.0 Å². The molecule has 0 aliphatic carbocycles. The van der Waals surface area contributed by atoms with E-state index < -0.39 is 12.1 Å². The fraction of sp³-hybridized carbons (Fsp3) is 0.320. The number of amides is 4. The average Bonchev–Trinajstić information content (AvgIpc) is 3.91. The van der Waals surface area contributed by atoms with Crippen LogP contribution in [-0.2, 0) is 9.59 Å². The molecule has 66 heavy (non-hydrogen) atoms. The second kappa shape index (κ2) is 19.3. The van der Waals surface area contributed by atoms with Crippen LogP contribution in [0.25, 0.3) is 11.1 Å². The Bertz CT molecular complexity index is 2660. The zero-order valence-corrected chi connectivity index (χ0v) is 37.7. The molecule has 4 N–H and O–H groups in total. The number of fused-ring (bicyclic) bond motifs is 4. The first-order valence-electron chi connectivity index (χ1n) is 21.8. The average molecular weight is 896 g/mol. The van der Waals surface area contributed by atoms with Crippen LogP contribution in [0.4, 0.5) is 17.1 Å². The molecule has 4 amide bonds. The second-order valence-electron chi connectivity index (χ2n) is 16.7. The lowest BCUT2D eigenvalue weighted by Crippen LogP contribution is -2.50. The van der Waals surface area contributed by atoms with Gasteiger partial charge in [-0.3, -0.25) is 29.2 Å². The van der Waals surface area contributed by atoms with Crippen LogP contribution < -0.4 is 40.1 Å². The van der Waals surface area contributed by atoms with Crippen LogP contribution in [0.15, 0.2) is 95.2 Å². The number of hydrogen-bond donors (Lipinski definition) is 3. The molecule has 0 saturated carbocycles. The Morgan fingerprint density at radius 2 is 1.17 bits per heavy atom. The minimum absolute atomic E-state index is 0.0598. The van der Waals surface area contributed by atoms with E-state index in [2.05, 4.69) is 10.6 Å². The van der Waals surface area contributed by atoms with Crippen LogP contribution in [0.3, 0.4) is 0 Å². The Kier molecular flexibility index (Phi) is 13.2. The Morgan fingerprint density at radius 3 is 1.62 bits per heavy atom. The summed E-state index contributed by atoms with van der Waals surface area (Å²) >= 11 is 0. The minimum Gasteiger partial charge on any atom is -0.497 e. The first kappa shape index (κ1) is 45.1. The smallest absolute Gasteiger partial charge is 0.260 e. The van der Waals surface area contributed by atoms with E-state index in [-0.39, 0.29) is 54.8 Å². The van der Waals surface area contributed by atoms with Crippen molar-refractivity contribution in [2.75, 3.05) is 39.9 Å². The number of aliphatic imine (C=N–C) groups is 2. The molecule has 0 unspecified atom stereocenters. The van der Waals surface area contributed by atoms with Gasteiger partial charge in [0.15, 0.2) is 23.0 Å². The second-order valence-corrected chi connectivity index (χ2v) is 16.7. The van der Waals surface area contributed by atoms with Gasteiger partial charge < -0.3 is 49.9 Å². The summed E-state index contributed by atoms with van der Waals surface area (Å²) in [5.41, 5.74) is 12.1. The zero-order chi connectivity index (χ0) is 46.6. The van der Waals surface area contributed by atoms with Gasteiger partial charge in [-0.25, -0.2) is 0 Å². The fourth-order valence-corrected chi connectivity index (χ4v) is 8.07. The topological polar surface area (TPSA) is 196 Å². The maximum Gasteiger partial charge on any atom is 0.260 e. The number of nitrogens with zero attached hydrogens (tertiary/aromatic N) is 4. The van der Waals surface area contributed by atoms with Crippen molar-refractivity contribution < 1.29 is 42.9 Å². The van der Waals surface area contributed by atoms with Gasteiger partial charge in [0.1, 0.15) is 11.8 Å². The van der Waals surface area contributed by atoms with Gasteiger partial charge in [-0.05, 0) is 71.5 Å². The zero-order valence-electron chi connectivity index (χ0n) is 37.7. The highest BCUT2D eigenvalue weighted by atomic mass is 16.5. The Balaban J connectivity index is 0.862. The van der Waals surface area contributed by atoms with Crippen LogP contribution in [0.5, 0.6) is 28.7 Å². The maximum absolute atomic E-state index is 14.0. The number of benzene rings is 4. The van der Waals surface area contributed by atoms with Crippen LogP contribution in [0.2, 0.25) is 0 Å². The van der Waals surface area contributed by atoms with E-state index >= 15 is 0 Å². The highest BCUT2D eigenvalue weighted by Gasteiger charge is 2.35. The molecule has 16 nitrogen and oxygen atoms in total. The number of rotatable bonds is 16. The van der Waals surface area contributed by atoms with Crippen molar-refractivity contribution in [3.8, 4) is 28.7 Å². The van der Waals surface area contributed by atoms with Gasteiger partial charge in [0, 0.05) is 61.9 Å². The Morgan fingerprint density at radius 1 is 0.682 bits per heavy atom. The third kappa shape index (κ3) is 9.36. The molecule has 8 rings (SSSR count). The van der Waals surface area contributed by atoms with Gasteiger partial charge in [-0.15, -0.1) is 0 Å². The maximum atomic E-state index is 14.0. The van der Waals surface area contributed by atoms with E-state index in [0.29, 0.717) is 70.4 Å². The molecule has 4 aromatic carbocycles. The van der Waals surface area contributed by atoms with Crippen LogP contribution >= 0.6 is 0 Å². The van der Waals surface area contributed by atoms with E-state index in [1.165, 1.54) is 14.2 Å². The number of nitrogens with two attached hydrogens (primary N) is 1. The van der Waals surface area contributed by atoms with Crippen molar-refractivity contribution in [2.24, 2.45) is 21.6 Å². The van der Waals surface area contributed by atoms with Crippen molar-refractivity contribution in [3.63, 3.8) is 0 Å². The van der Waals surface area contributed by atoms with Gasteiger partial charge in [0.05, 0.1) is 75.2 Å². The van der Waals surface area contributed by atoms with Crippen molar-refractivity contribution in [1.82, 2.24) is 15.1 Å². The molecular weight excluding hydrogens is 843 g/mol. The highest BCUT2D eigenvalue weighted by Crippen LogP contribution is 2.42. The van der Waals surface area contributed by atoms with Gasteiger partial charge in [-0.1, -0.05) is 38.1 Å².